The Morgan fingerprint density at radius 3 is 2.53 bits per heavy atom. The summed E-state index contributed by atoms with van der Waals surface area (Å²) in [5.74, 6) is 1.61. The van der Waals surface area contributed by atoms with E-state index in [1.807, 2.05) is 46.0 Å². The number of pyridine rings is 1. The third-order valence-electron chi connectivity index (χ3n) is 4.67. The molecule has 8 nitrogen and oxygen atoms in total. The Morgan fingerprint density at radius 1 is 1.00 bits per heavy atom. The Bertz CT molecular complexity index is 1050. The van der Waals surface area contributed by atoms with Gasteiger partial charge in [-0.05, 0) is 41.8 Å². The van der Waals surface area contributed by atoms with Crippen molar-refractivity contribution >= 4 is 5.96 Å². The molecule has 1 aromatic carbocycles. The minimum atomic E-state index is 0.648. The van der Waals surface area contributed by atoms with Gasteiger partial charge in [0.05, 0.1) is 5.69 Å². The number of nitrogens with one attached hydrogen (secondary N) is 2. The molecule has 0 amide bonds. The van der Waals surface area contributed by atoms with E-state index in [0.717, 1.165) is 36.0 Å². The number of aliphatic imine (C=N–C) groups is 1. The smallest absolute Gasteiger partial charge is 0.191 e. The molecule has 0 spiro atoms. The number of imidazole rings is 1. The summed E-state index contributed by atoms with van der Waals surface area (Å²) in [6.45, 7) is 1.44. The summed E-state index contributed by atoms with van der Waals surface area (Å²) in [4.78, 5) is 12.8. The van der Waals surface area contributed by atoms with Crippen molar-refractivity contribution < 1.29 is 0 Å². The Morgan fingerprint density at radius 2 is 1.87 bits per heavy atom. The van der Waals surface area contributed by atoms with Crippen LogP contribution >= 0.6 is 0 Å². The van der Waals surface area contributed by atoms with Crippen LogP contribution in [0.15, 0.2) is 84.8 Å². The van der Waals surface area contributed by atoms with Crippen LogP contribution in [-0.2, 0) is 13.0 Å². The molecule has 3 aromatic heterocycles. The predicted molar refractivity (Wildman–Crippen MR) is 117 cm³/mol. The SMILES string of the molecule is CN=C(NCCc1ccc(-n2cccn2)cc1)NCc1ccc(-n2ccnc2)nc1. The zero-order valence-electron chi connectivity index (χ0n) is 16.8. The van der Waals surface area contributed by atoms with Gasteiger partial charge in [-0.3, -0.25) is 9.56 Å². The van der Waals surface area contributed by atoms with Crippen molar-refractivity contribution in [1.82, 2.24) is 34.9 Å². The minimum Gasteiger partial charge on any atom is -0.356 e. The maximum atomic E-state index is 4.47. The van der Waals surface area contributed by atoms with Gasteiger partial charge in [0, 0.05) is 51.1 Å². The summed E-state index contributed by atoms with van der Waals surface area (Å²) in [5, 5.41) is 10.9. The third-order valence-corrected chi connectivity index (χ3v) is 4.67. The highest BCUT2D eigenvalue weighted by atomic mass is 15.3. The first-order chi connectivity index (χ1) is 14.8. The number of hydrogen-bond donors (Lipinski definition) is 2. The molecule has 0 aliphatic heterocycles. The normalized spacial score (nSPS) is 11.4. The van der Waals surface area contributed by atoms with E-state index in [9.17, 15) is 0 Å². The van der Waals surface area contributed by atoms with Gasteiger partial charge < -0.3 is 10.6 Å². The van der Waals surface area contributed by atoms with E-state index in [-0.39, 0.29) is 0 Å². The molecule has 0 fully saturated rings. The lowest BCUT2D eigenvalue weighted by atomic mass is 10.1. The average Bonchev–Trinajstić information content (AvgIpc) is 3.52. The molecule has 152 valence electrons. The molecule has 4 rings (SSSR count). The predicted octanol–water partition coefficient (Wildman–Crippen LogP) is 2.36. The Kier molecular flexibility index (Phi) is 6.14. The molecule has 4 aromatic rings. The van der Waals surface area contributed by atoms with E-state index in [0.29, 0.717) is 6.54 Å². The van der Waals surface area contributed by atoms with E-state index in [2.05, 4.69) is 55.0 Å². The molecular formula is C22H24N8. The molecule has 0 radical (unpaired) electrons. The second kappa shape index (κ2) is 9.51. The van der Waals surface area contributed by atoms with Gasteiger partial charge in [0.2, 0.25) is 0 Å². The molecule has 0 saturated heterocycles. The highest BCUT2D eigenvalue weighted by Gasteiger charge is 2.02. The van der Waals surface area contributed by atoms with Crippen molar-refractivity contribution in [1.29, 1.82) is 0 Å². The van der Waals surface area contributed by atoms with Crippen LogP contribution in [0.25, 0.3) is 11.5 Å². The Hall–Kier alpha value is -3.94. The Labute approximate surface area is 175 Å². The van der Waals surface area contributed by atoms with Crippen molar-refractivity contribution in [3.8, 4) is 11.5 Å². The van der Waals surface area contributed by atoms with Crippen LogP contribution in [0, 0.1) is 0 Å². The van der Waals surface area contributed by atoms with Gasteiger partial charge >= 0.3 is 0 Å². The van der Waals surface area contributed by atoms with Crippen LogP contribution in [0.4, 0.5) is 0 Å². The molecular weight excluding hydrogens is 376 g/mol. The number of guanidine groups is 1. The van der Waals surface area contributed by atoms with Crippen molar-refractivity contribution in [3.05, 3.63) is 90.9 Å². The zero-order chi connectivity index (χ0) is 20.6. The molecule has 3 heterocycles. The van der Waals surface area contributed by atoms with Crippen LogP contribution in [0.2, 0.25) is 0 Å². The molecule has 8 heteroatoms. The molecule has 0 atom stereocenters. The second-order valence-corrected chi connectivity index (χ2v) is 6.71. The van der Waals surface area contributed by atoms with Gasteiger partial charge in [-0.15, -0.1) is 0 Å². The van der Waals surface area contributed by atoms with Gasteiger partial charge in [0.25, 0.3) is 0 Å². The minimum absolute atomic E-state index is 0.648. The van der Waals surface area contributed by atoms with Crippen molar-refractivity contribution in [2.24, 2.45) is 4.99 Å². The van der Waals surface area contributed by atoms with Gasteiger partial charge in [0.1, 0.15) is 12.1 Å². The summed E-state index contributed by atoms with van der Waals surface area (Å²) in [5.41, 5.74) is 3.39. The van der Waals surface area contributed by atoms with Gasteiger partial charge in [0.15, 0.2) is 5.96 Å². The molecule has 30 heavy (non-hydrogen) atoms. The first-order valence-corrected chi connectivity index (χ1v) is 9.78. The highest BCUT2D eigenvalue weighted by Crippen LogP contribution is 2.09. The summed E-state index contributed by atoms with van der Waals surface area (Å²) in [6.07, 6.45) is 11.8. The largest absolute Gasteiger partial charge is 0.356 e. The summed E-state index contributed by atoms with van der Waals surface area (Å²) >= 11 is 0. The van der Waals surface area contributed by atoms with E-state index >= 15 is 0 Å². The van der Waals surface area contributed by atoms with Crippen LogP contribution in [0.1, 0.15) is 11.1 Å². The molecule has 0 unspecified atom stereocenters. The lowest BCUT2D eigenvalue weighted by molar-refractivity contribution is 0.791. The van der Waals surface area contributed by atoms with Crippen molar-refractivity contribution in [3.63, 3.8) is 0 Å². The summed E-state index contributed by atoms with van der Waals surface area (Å²) in [7, 11) is 1.77. The highest BCUT2D eigenvalue weighted by molar-refractivity contribution is 5.79. The summed E-state index contributed by atoms with van der Waals surface area (Å²) < 4.78 is 3.73. The first-order valence-electron chi connectivity index (χ1n) is 9.78. The number of hydrogen-bond acceptors (Lipinski definition) is 4. The second-order valence-electron chi connectivity index (χ2n) is 6.71. The monoisotopic (exact) mass is 400 g/mol. The lowest BCUT2D eigenvalue weighted by Crippen LogP contribution is -2.37. The van der Waals surface area contributed by atoms with Gasteiger partial charge in [-0.25, -0.2) is 14.6 Å². The molecule has 0 aliphatic rings. The number of benzene rings is 1. The standard InChI is InChI=1S/C22H24N8/c1-23-22(27-16-19-5-8-21(26-15-19)29-14-12-24-17-29)25-11-9-18-3-6-20(7-4-18)30-13-2-10-28-30/h2-8,10,12-15,17H,9,11,16H2,1H3,(H2,23,25,27). The Balaban J connectivity index is 1.23. The van der Waals surface area contributed by atoms with Gasteiger partial charge in [-0.2, -0.15) is 5.10 Å². The maximum absolute atomic E-state index is 4.47. The zero-order valence-corrected chi connectivity index (χ0v) is 16.8. The van der Waals surface area contributed by atoms with Crippen LogP contribution in [0.3, 0.4) is 0 Å². The fraction of sp³-hybridized carbons (Fsp3) is 0.182. The van der Waals surface area contributed by atoms with Crippen LogP contribution in [0.5, 0.6) is 0 Å². The quantitative estimate of drug-likeness (QED) is 0.367. The topological polar surface area (TPSA) is 85.0 Å². The maximum Gasteiger partial charge on any atom is 0.191 e. The average molecular weight is 400 g/mol. The van der Waals surface area contributed by atoms with E-state index < -0.39 is 0 Å². The van der Waals surface area contributed by atoms with Crippen LogP contribution < -0.4 is 10.6 Å². The van der Waals surface area contributed by atoms with Crippen molar-refractivity contribution in [2.75, 3.05) is 13.6 Å². The van der Waals surface area contributed by atoms with Crippen molar-refractivity contribution in [2.45, 2.75) is 13.0 Å². The molecule has 0 saturated carbocycles. The van der Waals surface area contributed by atoms with Crippen LogP contribution in [-0.4, -0.2) is 43.9 Å². The molecule has 0 aliphatic carbocycles. The third kappa shape index (κ3) is 4.91. The fourth-order valence-electron chi connectivity index (χ4n) is 3.04. The number of aromatic nitrogens is 5. The first kappa shape index (κ1) is 19.4. The summed E-state index contributed by atoms with van der Waals surface area (Å²) in [6, 6.07) is 14.3. The molecule has 0 bridgehead atoms. The number of nitrogens with zero attached hydrogens (tertiary/aromatic N) is 6. The molecule has 2 N–H and O–H groups in total. The number of rotatable bonds is 7. The fourth-order valence-corrected chi connectivity index (χ4v) is 3.04. The van der Waals surface area contributed by atoms with E-state index in [1.165, 1.54) is 5.56 Å². The lowest BCUT2D eigenvalue weighted by Gasteiger charge is -2.12. The van der Waals surface area contributed by atoms with Gasteiger partial charge in [-0.1, -0.05) is 18.2 Å². The van der Waals surface area contributed by atoms with E-state index in [1.54, 1.807) is 25.8 Å². The van der Waals surface area contributed by atoms with E-state index in [4.69, 9.17) is 0 Å².